The molecule has 0 aliphatic rings. The van der Waals surface area contributed by atoms with Crippen LogP contribution in [0.3, 0.4) is 0 Å². The van der Waals surface area contributed by atoms with Gasteiger partial charge in [-0.25, -0.2) is 15.0 Å². The van der Waals surface area contributed by atoms with Crippen LogP contribution in [0.25, 0.3) is 56.4 Å². The van der Waals surface area contributed by atoms with Crippen molar-refractivity contribution in [1.82, 2.24) is 15.0 Å². The summed E-state index contributed by atoms with van der Waals surface area (Å²) in [6.45, 7) is 6.13. The van der Waals surface area contributed by atoms with Gasteiger partial charge in [-0.2, -0.15) is 0 Å². The molecule has 1 heterocycles. The van der Waals surface area contributed by atoms with E-state index in [1.807, 2.05) is 129 Å². The van der Waals surface area contributed by atoms with E-state index in [9.17, 15) is 0 Å². The molecule has 0 saturated heterocycles. The van der Waals surface area contributed by atoms with Gasteiger partial charge in [0, 0.05) is 16.7 Å². The van der Waals surface area contributed by atoms with Crippen LogP contribution in [-0.2, 0) is 0 Å². The molecule has 0 aliphatic heterocycles. The first kappa shape index (κ1) is 21.2. The Kier molecular flexibility index (Phi) is 5.74. The zero-order chi connectivity index (χ0) is 31.0. The summed E-state index contributed by atoms with van der Waals surface area (Å²) in [6, 6.07) is 35.4. The second kappa shape index (κ2) is 10.8. The summed E-state index contributed by atoms with van der Waals surface area (Å²) < 4.78 is 35.0. The van der Waals surface area contributed by atoms with E-state index < -0.39 is 8.07 Å². The van der Waals surface area contributed by atoms with Crippen molar-refractivity contribution in [2.24, 2.45) is 0 Å². The molecule has 6 rings (SSSR count). The average Bonchev–Trinajstić information content (AvgIpc) is 3.04. The minimum atomic E-state index is -2.09. The zero-order valence-electron chi connectivity index (χ0n) is 26.7. The summed E-state index contributed by atoms with van der Waals surface area (Å²) in [7, 11) is -2.09. The second-order valence-corrected chi connectivity index (χ2v) is 15.7. The molecule has 0 amide bonds. The van der Waals surface area contributed by atoms with E-state index in [2.05, 4.69) is 0 Å². The normalized spacial score (nSPS) is 12.8. The molecule has 3 nitrogen and oxygen atoms in total. The van der Waals surface area contributed by atoms with Crippen LogP contribution in [0.15, 0.2) is 133 Å². The zero-order valence-corrected chi connectivity index (χ0v) is 23.7. The van der Waals surface area contributed by atoms with Crippen molar-refractivity contribution in [2.45, 2.75) is 19.6 Å². The summed E-state index contributed by atoms with van der Waals surface area (Å²) in [4.78, 5) is 14.5. The Morgan fingerprint density at radius 3 is 1.27 bits per heavy atom. The fourth-order valence-electron chi connectivity index (χ4n) is 4.46. The van der Waals surface area contributed by atoms with Crippen molar-refractivity contribution in [3.8, 4) is 56.4 Å². The summed E-state index contributed by atoms with van der Waals surface area (Å²) in [5.74, 6) is 1.73. The van der Waals surface area contributed by atoms with Crippen molar-refractivity contribution in [3.05, 3.63) is 133 Å². The molecule has 0 N–H and O–H groups in total. The van der Waals surface area contributed by atoms with Gasteiger partial charge in [0.2, 0.25) is 0 Å². The molecule has 194 valence electrons. The molecule has 6 aromatic rings. The van der Waals surface area contributed by atoms with Gasteiger partial charge in [-0.1, -0.05) is 146 Å². The monoisotopic (exact) mass is 537 g/mol. The van der Waals surface area contributed by atoms with Gasteiger partial charge >= 0.3 is 0 Å². The second-order valence-electron chi connectivity index (χ2n) is 10.7. The van der Waals surface area contributed by atoms with Gasteiger partial charge in [-0.05, 0) is 34.4 Å². The van der Waals surface area contributed by atoms with Gasteiger partial charge in [-0.15, -0.1) is 0 Å². The Hall–Kier alpha value is -4.67. The van der Waals surface area contributed by atoms with Crippen LogP contribution in [0.1, 0.15) is 5.48 Å². The van der Waals surface area contributed by atoms with E-state index in [1.54, 1.807) is 0 Å². The first-order chi connectivity index (χ1) is 21.1. The summed E-state index contributed by atoms with van der Waals surface area (Å²) >= 11 is 0. The Morgan fingerprint density at radius 1 is 0.425 bits per heavy atom. The molecule has 0 fully saturated rings. The maximum Gasteiger partial charge on any atom is 0.164 e. The van der Waals surface area contributed by atoms with E-state index in [4.69, 9.17) is 20.4 Å². The highest BCUT2D eigenvalue weighted by molar-refractivity contribution is 6.88. The Labute approximate surface area is 242 Å². The smallest absolute Gasteiger partial charge is 0.164 e. The molecule has 1 aromatic heterocycles. The van der Waals surface area contributed by atoms with Crippen LogP contribution in [-0.4, -0.2) is 23.0 Å². The van der Waals surface area contributed by atoms with Crippen LogP contribution >= 0.6 is 0 Å². The number of hydrogen-bond donors (Lipinski definition) is 0. The molecule has 4 heteroatoms. The molecule has 5 aromatic carbocycles. The molecule has 40 heavy (non-hydrogen) atoms. The van der Waals surface area contributed by atoms with E-state index in [0.29, 0.717) is 33.8 Å². The number of hydrogen-bond acceptors (Lipinski definition) is 3. The Morgan fingerprint density at radius 2 is 0.800 bits per heavy atom. The van der Waals surface area contributed by atoms with Gasteiger partial charge < -0.3 is 0 Å². The summed E-state index contributed by atoms with van der Waals surface area (Å²) in [6.07, 6.45) is 0. The van der Waals surface area contributed by atoms with Gasteiger partial charge in [-0.3, -0.25) is 0 Å². The van der Waals surface area contributed by atoms with E-state index in [-0.39, 0.29) is 24.2 Å². The highest BCUT2D eigenvalue weighted by Crippen LogP contribution is 2.30. The fraction of sp³-hybridized carbons (Fsp3) is 0.0833. The number of benzene rings is 5. The van der Waals surface area contributed by atoms with Gasteiger partial charge in [0.15, 0.2) is 17.5 Å². The maximum absolute atomic E-state index is 8.80. The van der Waals surface area contributed by atoms with Crippen LogP contribution in [0.2, 0.25) is 19.6 Å². The lowest BCUT2D eigenvalue weighted by molar-refractivity contribution is 1.07. The minimum Gasteiger partial charge on any atom is -0.208 e. The molecule has 0 saturated carbocycles. The van der Waals surface area contributed by atoms with Crippen molar-refractivity contribution >= 4 is 13.3 Å². The third-order valence-electron chi connectivity index (χ3n) is 6.68. The summed E-state index contributed by atoms with van der Waals surface area (Å²) in [5, 5.41) is 0.558. The molecule has 0 atom stereocenters. The predicted octanol–water partition coefficient (Wildman–Crippen LogP) is 8.75. The van der Waals surface area contributed by atoms with E-state index in [0.717, 1.165) is 27.8 Å². The average molecular weight is 538 g/mol. The highest BCUT2D eigenvalue weighted by atomic mass is 28.3. The first-order valence-electron chi connectivity index (χ1n) is 15.3. The highest BCUT2D eigenvalue weighted by Gasteiger charge is 2.16. The fourth-order valence-corrected chi connectivity index (χ4v) is 5.34. The van der Waals surface area contributed by atoms with Gasteiger partial charge in [0.05, 0.1) is 13.6 Å². The van der Waals surface area contributed by atoms with Crippen LogP contribution in [0, 0.1) is 0 Å². The van der Waals surface area contributed by atoms with Gasteiger partial charge in [0.1, 0.15) is 0 Å². The largest absolute Gasteiger partial charge is 0.208 e. The van der Waals surface area contributed by atoms with Gasteiger partial charge in [0.25, 0.3) is 0 Å². The quantitative estimate of drug-likeness (QED) is 0.199. The standard InChI is InChI=1S/C36H31N3Si/c1-40(2,3)33-22-20-26(21-23-33)29-16-10-17-30(24-29)31-18-11-19-32(25-31)36-38-34(27-12-6-4-7-13-27)37-35(39-36)28-14-8-5-9-15-28/h4-25H,1-3H3/i20D,21D,22D,23D. The SMILES string of the molecule is [2H]c1c([2H])c([Si](C)(C)C)c([2H])c([2H])c1-c1cccc(-c2cccc(-c3nc(-c4ccccc4)nc(-c4ccccc4)n3)c2)c1. The number of rotatable bonds is 6. The van der Waals surface area contributed by atoms with Crippen LogP contribution in [0.5, 0.6) is 0 Å². The Balaban J connectivity index is 1.45. The van der Waals surface area contributed by atoms with E-state index in [1.165, 1.54) is 0 Å². The Bertz CT molecular complexity index is 1910. The molecule has 0 radical (unpaired) electrons. The van der Waals surface area contributed by atoms with E-state index >= 15 is 0 Å². The van der Waals surface area contributed by atoms with Crippen molar-refractivity contribution in [3.63, 3.8) is 0 Å². The lowest BCUT2D eigenvalue weighted by Gasteiger charge is -2.17. The molecule has 0 unspecified atom stereocenters. The van der Waals surface area contributed by atoms with Crippen molar-refractivity contribution < 1.29 is 5.48 Å². The molecule has 0 bridgehead atoms. The predicted molar refractivity (Wildman–Crippen MR) is 170 cm³/mol. The summed E-state index contributed by atoms with van der Waals surface area (Å²) in [5.41, 5.74) is 5.39. The van der Waals surface area contributed by atoms with Crippen molar-refractivity contribution in [2.75, 3.05) is 0 Å². The lowest BCUT2D eigenvalue weighted by atomic mass is 9.98. The molecule has 0 aliphatic carbocycles. The van der Waals surface area contributed by atoms with Crippen molar-refractivity contribution in [1.29, 1.82) is 0 Å². The molecular formula is C36H31N3Si. The van der Waals surface area contributed by atoms with Crippen LogP contribution < -0.4 is 5.19 Å². The lowest BCUT2D eigenvalue weighted by Crippen LogP contribution is -2.37. The third-order valence-corrected chi connectivity index (χ3v) is 8.43. The third kappa shape index (κ3) is 5.53. The number of aromatic nitrogens is 3. The minimum absolute atomic E-state index is 0.00129. The topological polar surface area (TPSA) is 38.7 Å². The van der Waals surface area contributed by atoms with Crippen LogP contribution in [0.4, 0.5) is 0 Å². The molecular weight excluding hydrogens is 503 g/mol. The molecule has 0 spiro atoms. The first-order valence-corrected chi connectivity index (χ1v) is 16.8. The number of nitrogens with zero attached hydrogens (tertiary/aromatic N) is 3. The maximum atomic E-state index is 8.80.